The average molecular weight is 290 g/mol. The second-order valence-corrected chi connectivity index (χ2v) is 6.02. The number of aromatic nitrogens is 3. The molecule has 0 saturated carbocycles. The largest absolute Gasteiger partial charge is 0.354 e. The zero-order chi connectivity index (χ0) is 14.7. The average Bonchev–Trinajstić information content (AvgIpc) is 3.02. The van der Waals surface area contributed by atoms with Crippen molar-refractivity contribution in [3.8, 4) is 0 Å². The van der Waals surface area contributed by atoms with Crippen LogP contribution in [0.1, 0.15) is 46.0 Å². The predicted octanol–water partition coefficient (Wildman–Crippen LogP) is 2.28. The van der Waals surface area contributed by atoms with E-state index in [1.165, 1.54) is 32.1 Å². The van der Waals surface area contributed by atoms with E-state index in [4.69, 9.17) is 4.98 Å². The van der Waals surface area contributed by atoms with E-state index in [2.05, 4.69) is 38.9 Å². The minimum atomic E-state index is 0.516. The van der Waals surface area contributed by atoms with E-state index >= 15 is 0 Å². The van der Waals surface area contributed by atoms with Gasteiger partial charge in [-0.3, -0.25) is 0 Å². The summed E-state index contributed by atoms with van der Waals surface area (Å²) in [5.41, 5.74) is 0. The molecule has 1 aromatic heterocycles. The van der Waals surface area contributed by atoms with Crippen LogP contribution in [0.3, 0.4) is 0 Å². The maximum Gasteiger partial charge on any atom is 0.232 e. The van der Waals surface area contributed by atoms with Crippen molar-refractivity contribution >= 4 is 17.8 Å². The minimum absolute atomic E-state index is 0.516. The van der Waals surface area contributed by atoms with Crippen LogP contribution in [0.2, 0.25) is 0 Å². The molecular weight excluding hydrogens is 264 g/mol. The predicted molar refractivity (Wildman–Crippen MR) is 86.1 cm³/mol. The normalized spacial score (nSPS) is 22.7. The molecule has 0 aromatic carbocycles. The molecule has 21 heavy (non-hydrogen) atoms. The molecule has 2 aliphatic heterocycles. The quantitative estimate of drug-likeness (QED) is 0.918. The fraction of sp³-hybridized carbons (Fsp3) is 0.800. The van der Waals surface area contributed by atoms with Crippen LogP contribution >= 0.6 is 0 Å². The molecule has 2 saturated heterocycles. The summed E-state index contributed by atoms with van der Waals surface area (Å²) < 4.78 is 0. The van der Waals surface area contributed by atoms with Crippen LogP contribution in [0, 0.1) is 0 Å². The van der Waals surface area contributed by atoms with Crippen LogP contribution in [-0.4, -0.2) is 47.2 Å². The number of anilines is 3. The molecule has 6 nitrogen and oxygen atoms in total. The van der Waals surface area contributed by atoms with Gasteiger partial charge in [0.15, 0.2) is 0 Å². The first-order valence-corrected chi connectivity index (χ1v) is 8.29. The highest BCUT2D eigenvalue weighted by molar-refractivity contribution is 5.46. The van der Waals surface area contributed by atoms with Gasteiger partial charge in [-0.25, -0.2) is 0 Å². The summed E-state index contributed by atoms with van der Waals surface area (Å²) in [6.07, 6.45) is 6.23. The smallest absolute Gasteiger partial charge is 0.232 e. The van der Waals surface area contributed by atoms with Crippen LogP contribution in [0.4, 0.5) is 17.8 Å². The van der Waals surface area contributed by atoms with E-state index < -0.39 is 0 Å². The lowest BCUT2D eigenvalue weighted by Crippen LogP contribution is -2.39. The molecule has 0 bridgehead atoms. The summed E-state index contributed by atoms with van der Waals surface area (Å²) >= 11 is 0. The van der Waals surface area contributed by atoms with E-state index in [1.807, 2.05) is 0 Å². The van der Waals surface area contributed by atoms with E-state index in [0.717, 1.165) is 38.1 Å². The van der Waals surface area contributed by atoms with Gasteiger partial charge >= 0.3 is 0 Å². The fourth-order valence-corrected chi connectivity index (χ4v) is 3.17. The third-order valence-electron chi connectivity index (χ3n) is 4.40. The fourth-order valence-electron chi connectivity index (χ4n) is 3.17. The van der Waals surface area contributed by atoms with E-state index in [-0.39, 0.29) is 0 Å². The third kappa shape index (κ3) is 3.19. The molecular formula is C15H26N6. The number of piperidine rings is 1. The standard InChI is InChI=1S/C15H26N6/c1-3-16-13-17-14(20-9-6-7-10-20)19-15(18-13)21-11-5-4-8-12(21)2/h12H,3-11H2,1-2H3,(H,16,17,18,19). The third-order valence-corrected chi connectivity index (χ3v) is 4.40. The molecule has 1 atom stereocenters. The molecule has 0 radical (unpaired) electrons. The number of hydrogen-bond donors (Lipinski definition) is 1. The van der Waals surface area contributed by atoms with Crippen LogP contribution in [0.5, 0.6) is 0 Å². The Labute approximate surface area is 127 Å². The maximum absolute atomic E-state index is 4.76. The first-order chi connectivity index (χ1) is 10.3. The second kappa shape index (κ2) is 6.45. The van der Waals surface area contributed by atoms with E-state index in [1.54, 1.807) is 0 Å². The molecule has 3 rings (SSSR count). The summed E-state index contributed by atoms with van der Waals surface area (Å²) in [6, 6.07) is 0.516. The molecule has 1 unspecified atom stereocenters. The number of nitrogens with zero attached hydrogens (tertiary/aromatic N) is 5. The van der Waals surface area contributed by atoms with Gasteiger partial charge in [-0.2, -0.15) is 15.0 Å². The molecule has 0 spiro atoms. The van der Waals surface area contributed by atoms with Crippen molar-refractivity contribution in [2.24, 2.45) is 0 Å². The van der Waals surface area contributed by atoms with Crippen molar-refractivity contribution in [1.29, 1.82) is 0 Å². The van der Waals surface area contributed by atoms with Crippen molar-refractivity contribution in [3.63, 3.8) is 0 Å². The molecule has 6 heteroatoms. The Bertz CT molecular complexity index is 471. The molecule has 3 heterocycles. The van der Waals surface area contributed by atoms with Gasteiger partial charge in [0.1, 0.15) is 0 Å². The van der Waals surface area contributed by atoms with Crippen LogP contribution in [0.25, 0.3) is 0 Å². The first kappa shape index (κ1) is 14.4. The van der Waals surface area contributed by atoms with Crippen molar-refractivity contribution < 1.29 is 0 Å². The number of hydrogen-bond acceptors (Lipinski definition) is 6. The van der Waals surface area contributed by atoms with Gasteiger partial charge in [-0.1, -0.05) is 0 Å². The monoisotopic (exact) mass is 290 g/mol. The SMILES string of the molecule is CCNc1nc(N2CCCC2)nc(N2CCCCC2C)n1. The first-order valence-electron chi connectivity index (χ1n) is 8.29. The van der Waals surface area contributed by atoms with Crippen LogP contribution < -0.4 is 15.1 Å². The maximum atomic E-state index is 4.76. The van der Waals surface area contributed by atoms with Gasteiger partial charge in [-0.05, 0) is 46.0 Å². The number of rotatable bonds is 4. The molecule has 0 aliphatic carbocycles. The van der Waals surface area contributed by atoms with Gasteiger partial charge in [0.2, 0.25) is 17.8 Å². The highest BCUT2D eigenvalue weighted by Crippen LogP contribution is 2.25. The van der Waals surface area contributed by atoms with E-state index in [9.17, 15) is 0 Å². The molecule has 0 amide bonds. The molecule has 2 fully saturated rings. The van der Waals surface area contributed by atoms with Crippen LogP contribution in [0.15, 0.2) is 0 Å². The Morgan fingerprint density at radius 3 is 2.43 bits per heavy atom. The second-order valence-electron chi connectivity index (χ2n) is 6.02. The van der Waals surface area contributed by atoms with Gasteiger partial charge < -0.3 is 15.1 Å². The summed E-state index contributed by atoms with van der Waals surface area (Å²) in [4.78, 5) is 18.6. The number of nitrogens with one attached hydrogen (secondary N) is 1. The van der Waals surface area contributed by atoms with Crippen molar-refractivity contribution in [1.82, 2.24) is 15.0 Å². The van der Waals surface area contributed by atoms with Gasteiger partial charge in [-0.15, -0.1) is 0 Å². The Kier molecular flexibility index (Phi) is 4.41. The molecule has 116 valence electrons. The highest BCUT2D eigenvalue weighted by Gasteiger charge is 2.24. The van der Waals surface area contributed by atoms with Gasteiger partial charge in [0.25, 0.3) is 0 Å². The van der Waals surface area contributed by atoms with Crippen molar-refractivity contribution in [2.75, 3.05) is 41.3 Å². The summed E-state index contributed by atoms with van der Waals surface area (Å²) in [6.45, 7) is 8.34. The Morgan fingerprint density at radius 1 is 1.00 bits per heavy atom. The van der Waals surface area contributed by atoms with Crippen molar-refractivity contribution in [3.05, 3.63) is 0 Å². The summed E-state index contributed by atoms with van der Waals surface area (Å²) in [7, 11) is 0. The van der Waals surface area contributed by atoms with Gasteiger partial charge in [0.05, 0.1) is 0 Å². The molecule has 1 aromatic rings. The Balaban J connectivity index is 1.90. The zero-order valence-electron chi connectivity index (χ0n) is 13.2. The van der Waals surface area contributed by atoms with Gasteiger partial charge in [0, 0.05) is 32.2 Å². The lowest BCUT2D eigenvalue weighted by atomic mass is 10.0. The lowest BCUT2D eigenvalue weighted by Gasteiger charge is -2.33. The Hall–Kier alpha value is -1.59. The molecule has 1 N–H and O–H groups in total. The zero-order valence-corrected chi connectivity index (χ0v) is 13.2. The van der Waals surface area contributed by atoms with Crippen LogP contribution in [-0.2, 0) is 0 Å². The Morgan fingerprint density at radius 2 is 1.71 bits per heavy atom. The minimum Gasteiger partial charge on any atom is -0.354 e. The lowest BCUT2D eigenvalue weighted by molar-refractivity contribution is 0.476. The topological polar surface area (TPSA) is 57.2 Å². The van der Waals surface area contributed by atoms with Crippen molar-refractivity contribution in [2.45, 2.75) is 52.0 Å². The summed E-state index contributed by atoms with van der Waals surface area (Å²) in [5.74, 6) is 2.39. The summed E-state index contributed by atoms with van der Waals surface area (Å²) in [5, 5.41) is 3.25. The highest BCUT2D eigenvalue weighted by atomic mass is 15.4. The van der Waals surface area contributed by atoms with E-state index in [0.29, 0.717) is 12.0 Å². The molecule has 2 aliphatic rings.